The molecule has 20 heavy (non-hydrogen) atoms. The summed E-state index contributed by atoms with van der Waals surface area (Å²) in [5, 5.41) is 0. The fourth-order valence-corrected chi connectivity index (χ4v) is 2.34. The number of rotatable bonds is 4. The highest BCUT2D eigenvalue weighted by molar-refractivity contribution is 5.70. The van der Waals surface area contributed by atoms with Crippen molar-refractivity contribution in [3.63, 3.8) is 0 Å². The molecule has 0 amide bonds. The van der Waals surface area contributed by atoms with E-state index < -0.39 is 5.54 Å². The van der Waals surface area contributed by atoms with E-state index in [4.69, 9.17) is 19.9 Å². The molecule has 0 aliphatic carbocycles. The van der Waals surface area contributed by atoms with E-state index in [2.05, 4.69) is 0 Å². The summed E-state index contributed by atoms with van der Waals surface area (Å²) in [5.41, 5.74) is 6.62. The number of hydrogen-bond donors (Lipinski definition) is 1. The van der Waals surface area contributed by atoms with Crippen LogP contribution in [0.25, 0.3) is 0 Å². The summed E-state index contributed by atoms with van der Waals surface area (Å²) < 4.78 is 15.8. The number of hydrogen-bond acceptors (Lipinski definition) is 5. The highest BCUT2D eigenvalue weighted by Gasteiger charge is 2.30. The maximum atomic E-state index is 11.6. The van der Waals surface area contributed by atoms with Gasteiger partial charge in [-0.3, -0.25) is 4.79 Å². The number of carbonyl (C=O) groups is 1. The van der Waals surface area contributed by atoms with E-state index >= 15 is 0 Å². The van der Waals surface area contributed by atoms with E-state index in [0.29, 0.717) is 19.0 Å². The van der Waals surface area contributed by atoms with Gasteiger partial charge in [-0.1, -0.05) is 6.07 Å². The van der Waals surface area contributed by atoms with Gasteiger partial charge in [0.05, 0.1) is 13.5 Å². The van der Waals surface area contributed by atoms with Gasteiger partial charge in [-0.2, -0.15) is 0 Å². The lowest BCUT2D eigenvalue weighted by Crippen LogP contribution is -2.40. The maximum absolute atomic E-state index is 11.6. The Labute approximate surface area is 119 Å². The van der Waals surface area contributed by atoms with Crippen molar-refractivity contribution in [1.82, 2.24) is 0 Å². The van der Waals surface area contributed by atoms with Crippen LogP contribution in [0, 0.1) is 0 Å². The Morgan fingerprint density at radius 2 is 2.00 bits per heavy atom. The third kappa shape index (κ3) is 3.22. The molecular formula is C15H21NO4. The molecule has 0 fully saturated rings. The summed E-state index contributed by atoms with van der Waals surface area (Å²) in [6.45, 7) is 4.89. The van der Waals surface area contributed by atoms with Crippen LogP contribution in [0.15, 0.2) is 18.2 Å². The molecule has 1 heterocycles. The van der Waals surface area contributed by atoms with Gasteiger partial charge in [-0.05, 0) is 31.5 Å². The van der Waals surface area contributed by atoms with Crippen LogP contribution in [0.1, 0.15) is 31.7 Å². The molecule has 1 aromatic rings. The fraction of sp³-hybridized carbons (Fsp3) is 0.533. The Morgan fingerprint density at radius 1 is 1.35 bits per heavy atom. The van der Waals surface area contributed by atoms with E-state index in [0.717, 1.165) is 11.3 Å². The maximum Gasteiger partial charge on any atom is 0.306 e. The summed E-state index contributed by atoms with van der Waals surface area (Å²) in [7, 11) is 1.38. The molecule has 2 rings (SSSR count). The molecular weight excluding hydrogens is 258 g/mol. The highest BCUT2D eigenvalue weighted by atomic mass is 16.6. The minimum atomic E-state index is -0.544. The molecule has 0 spiro atoms. The number of benzene rings is 1. The van der Waals surface area contributed by atoms with Gasteiger partial charge in [0.25, 0.3) is 0 Å². The van der Waals surface area contributed by atoms with Gasteiger partial charge in [0.2, 0.25) is 0 Å². The number of ether oxygens (including phenoxy) is 3. The van der Waals surface area contributed by atoms with Crippen molar-refractivity contribution < 1.29 is 19.0 Å². The summed E-state index contributed by atoms with van der Waals surface area (Å²) in [4.78, 5) is 11.6. The average Bonchev–Trinajstić information content (AvgIpc) is 2.42. The SMILES string of the molecule is COC(=O)CC(c1ccc2c(c1)OCCO2)C(C)(C)N. The van der Waals surface area contributed by atoms with Crippen LogP contribution in [0.5, 0.6) is 11.5 Å². The van der Waals surface area contributed by atoms with Gasteiger partial charge in [-0.25, -0.2) is 0 Å². The van der Waals surface area contributed by atoms with Crippen LogP contribution in [-0.2, 0) is 9.53 Å². The molecule has 1 atom stereocenters. The number of methoxy groups -OCH3 is 1. The predicted molar refractivity (Wildman–Crippen MR) is 75.1 cm³/mol. The second-order valence-electron chi connectivity index (χ2n) is 5.56. The van der Waals surface area contributed by atoms with Gasteiger partial charge in [0.1, 0.15) is 13.2 Å². The molecule has 0 bridgehead atoms. The van der Waals surface area contributed by atoms with Crippen molar-refractivity contribution in [2.45, 2.75) is 31.7 Å². The molecule has 1 unspecified atom stereocenters. The second kappa shape index (κ2) is 5.71. The molecule has 5 heteroatoms. The van der Waals surface area contributed by atoms with Gasteiger partial charge >= 0.3 is 5.97 Å². The van der Waals surface area contributed by atoms with Crippen LogP contribution in [0.4, 0.5) is 0 Å². The zero-order valence-corrected chi connectivity index (χ0v) is 12.1. The van der Waals surface area contributed by atoms with Crippen molar-refractivity contribution >= 4 is 5.97 Å². The lowest BCUT2D eigenvalue weighted by atomic mass is 9.80. The number of nitrogens with two attached hydrogens (primary N) is 1. The van der Waals surface area contributed by atoms with Gasteiger partial charge < -0.3 is 19.9 Å². The Balaban J connectivity index is 2.31. The van der Waals surface area contributed by atoms with Crippen LogP contribution in [-0.4, -0.2) is 31.8 Å². The molecule has 1 aliphatic heterocycles. The number of carbonyl (C=O) groups excluding carboxylic acids is 1. The summed E-state index contributed by atoms with van der Waals surface area (Å²) in [5.74, 6) is 1.01. The molecule has 0 saturated carbocycles. The van der Waals surface area contributed by atoms with Crippen LogP contribution >= 0.6 is 0 Å². The lowest BCUT2D eigenvalue weighted by Gasteiger charge is -2.31. The minimum Gasteiger partial charge on any atom is -0.486 e. The number of esters is 1. The average molecular weight is 279 g/mol. The Bertz CT molecular complexity index is 493. The van der Waals surface area contributed by atoms with Crippen LogP contribution < -0.4 is 15.2 Å². The van der Waals surface area contributed by atoms with Crippen molar-refractivity contribution in [3.8, 4) is 11.5 Å². The largest absolute Gasteiger partial charge is 0.486 e. The molecule has 110 valence electrons. The Hall–Kier alpha value is -1.75. The number of fused-ring (bicyclic) bond motifs is 1. The Morgan fingerprint density at radius 3 is 2.60 bits per heavy atom. The zero-order chi connectivity index (χ0) is 14.8. The third-order valence-corrected chi connectivity index (χ3v) is 3.47. The van der Waals surface area contributed by atoms with Gasteiger partial charge in [0, 0.05) is 11.5 Å². The van der Waals surface area contributed by atoms with E-state index in [9.17, 15) is 4.79 Å². The van der Waals surface area contributed by atoms with Gasteiger partial charge in [0.15, 0.2) is 11.5 Å². The first-order valence-electron chi connectivity index (χ1n) is 6.67. The smallest absolute Gasteiger partial charge is 0.306 e. The van der Waals surface area contributed by atoms with Crippen molar-refractivity contribution in [2.75, 3.05) is 20.3 Å². The lowest BCUT2D eigenvalue weighted by molar-refractivity contribution is -0.141. The van der Waals surface area contributed by atoms with Crippen molar-refractivity contribution in [2.24, 2.45) is 5.73 Å². The van der Waals surface area contributed by atoms with E-state index in [-0.39, 0.29) is 18.3 Å². The van der Waals surface area contributed by atoms with Crippen LogP contribution in [0.2, 0.25) is 0 Å². The normalized spacial score (nSPS) is 15.6. The first-order chi connectivity index (χ1) is 9.41. The quantitative estimate of drug-likeness (QED) is 0.852. The highest BCUT2D eigenvalue weighted by Crippen LogP contribution is 2.37. The van der Waals surface area contributed by atoms with Crippen LogP contribution in [0.3, 0.4) is 0 Å². The zero-order valence-electron chi connectivity index (χ0n) is 12.1. The second-order valence-corrected chi connectivity index (χ2v) is 5.56. The van der Waals surface area contributed by atoms with Gasteiger partial charge in [-0.15, -0.1) is 0 Å². The minimum absolute atomic E-state index is 0.147. The fourth-order valence-electron chi connectivity index (χ4n) is 2.34. The first-order valence-corrected chi connectivity index (χ1v) is 6.67. The molecule has 1 aromatic carbocycles. The van der Waals surface area contributed by atoms with Crippen molar-refractivity contribution in [3.05, 3.63) is 23.8 Å². The standard InChI is InChI=1S/C15H21NO4/c1-15(2,16)11(9-14(17)18-3)10-4-5-12-13(8-10)20-7-6-19-12/h4-5,8,11H,6-7,9,16H2,1-3H3. The summed E-state index contributed by atoms with van der Waals surface area (Å²) in [6, 6.07) is 5.69. The Kier molecular flexibility index (Phi) is 4.18. The van der Waals surface area contributed by atoms with E-state index in [1.165, 1.54) is 7.11 Å². The molecule has 0 aromatic heterocycles. The van der Waals surface area contributed by atoms with E-state index in [1.807, 2.05) is 32.0 Å². The molecule has 0 radical (unpaired) electrons. The summed E-state index contributed by atoms with van der Waals surface area (Å²) >= 11 is 0. The molecule has 1 aliphatic rings. The third-order valence-electron chi connectivity index (χ3n) is 3.47. The molecule has 2 N–H and O–H groups in total. The molecule has 0 saturated heterocycles. The van der Waals surface area contributed by atoms with E-state index in [1.54, 1.807) is 0 Å². The monoisotopic (exact) mass is 279 g/mol. The first kappa shape index (κ1) is 14.7. The predicted octanol–water partition coefficient (Wildman–Crippen LogP) is 1.84. The molecule has 5 nitrogen and oxygen atoms in total. The topological polar surface area (TPSA) is 70.8 Å². The summed E-state index contributed by atoms with van der Waals surface area (Å²) in [6.07, 6.45) is 0.236. The van der Waals surface area contributed by atoms with Crippen molar-refractivity contribution in [1.29, 1.82) is 0 Å².